The van der Waals surface area contributed by atoms with Crippen LogP contribution < -0.4 is 10.1 Å². The second-order valence-electron chi connectivity index (χ2n) is 4.96. The van der Waals surface area contributed by atoms with E-state index in [1.54, 1.807) is 0 Å². The Kier molecular flexibility index (Phi) is 4.61. The Morgan fingerprint density at radius 1 is 1.39 bits per heavy atom. The maximum absolute atomic E-state index is 5.74. The Morgan fingerprint density at radius 2 is 2.22 bits per heavy atom. The Hall–Kier alpha value is -1.06. The van der Waals surface area contributed by atoms with Crippen LogP contribution in [0.2, 0.25) is 0 Å². The normalized spacial score (nSPS) is 15.6. The summed E-state index contributed by atoms with van der Waals surface area (Å²) in [5.74, 6) is 1.04. The van der Waals surface area contributed by atoms with Gasteiger partial charge in [-0.25, -0.2) is 0 Å². The molecule has 0 spiro atoms. The first kappa shape index (κ1) is 13.4. The number of benzene rings is 1. The Balaban J connectivity index is 2.09. The van der Waals surface area contributed by atoms with Crippen LogP contribution in [0.3, 0.4) is 0 Å². The van der Waals surface area contributed by atoms with Crippen LogP contribution in [0.1, 0.15) is 37.9 Å². The molecule has 1 aromatic rings. The Morgan fingerprint density at radius 3 is 2.94 bits per heavy atom. The van der Waals surface area contributed by atoms with E-state index >= 15 is 0 Å². The van der Waals surface area contributed by atoms with E-state index in [9.17, 15) is 0 Å². The van der Waals surface area contributed by atoms with E-state index in [2.05, 4.69) is 44.3 Å². The molecule has 0 fully saturated rings. The van der Waals surface area contributed by atoms with Gasteiger partial charge in [-0.15, -0.1) is 0 Å². The molecule has 100 valence electrons. The number of nitrogens with one attached hydrogen (secondary N) is 1. The molecule has 1 aliphatic rings. The highest BCUT2D eigenvalue weighted by Crippen LogP contribution is 2.28. The highest BCUT2D eigenvalue weighted by atomic mass is 16.5. The molecule has 1 unspecified atom stereocenters. The minimum atomic E-state index is 0.267. The average molecular weight is 249 g/mol. The first-order valence-electron chi connectivity index (χ1n) is 6.81. The first-order valence-corrected chi connectivity index (χ1v) is 6.81. The molecule has 1 N–H and O–H groups in total. The second kappa shape index (κ2) is 6.21. The van der Waals surface area contributed by atoms with Gasteiger partial charge in [0.2, 0.25) is 0 Å². The number of fused-ring (bicyclic) bond motifs is 1. The van der Waals surface area contributed by atoms with Gasteiger partial charge in [-0.05, 0) is 37.6 Å². The molecule has 1 heterocycles. The molecule has 3 heteroatoms. The van der Waals surface area contributed by atoms with Gasteiger partial charge >= 0.3 is 0 Å². The molecule has 0 saturated carbocycles. The van der Waals surface area contributed by atoms with Gasteiger partial charge in [-0.1, -0.05) is 19.1 Å². The van der Waals surface area contributed by atoms with Crippen LogP contribution in [0, 0.1) is 0 Å². The fraction of sp³-hybridized carbons (Fsp3) is 0.600. The number of likely N-dealkylation sites (N-methyl/N-ethyl adjacent to an activating group) is 1. The maximum atomic E-state index is 5.74. The zero-order valence-corrected chi connectivity index (χ0v) is 11.5. The minimum absolute atomic E-state index is 0.267. The number of rotatable bonds is 6. The van der Waals surface area contributed by atoms with Crippen molar-refractivity contribution in [3.05, 3.63) is 29.3 Å². The summed E-state index contributed by atoms with van der Waals surface area (Å²) in [6, 6.07) is 6.74. The molecule has 0 bridgehead atoms. The van der Waals surface area contributed by atoms with Gasteiger partial charge in [0.1, 0.15) is 5.75 Å². The van der Waals surface area contributed by atoms with Gasteiger partial charge in [0.05, 0.1) is 25.4 Å². The molecule has 3 nitrogen and oxygen atoms in total. The molecule has 0 aromatic heterocycles. The van der Waals surface area contributed by atoms with E-state index in [0.29, 0.717) is 6.61 Å². The summed E-state index contributed by atoms with van der Waals surface area (Å²) in [5, 5.41) is 3.48. The van der Waals surface area contributed by atoms with Crippen LogP contribution in [0.5, 0.6) is 5.75 Å². The van der Waals surface area contributed by atoms with Gasteiger partial charge in [0.25, 0.3) is 0 Å². The zero-order chi connectivity index (χ0) is 13.0. The van der Waals surface area contributed by atoms with Crippen molar-refractivity contribution < 1.29 is 9.47 Å². The summed E-state index contributed by atoms with van der Waals surface area (Å²) >= 11 is 0. The largest absolute Gasteiger partial charge is 0.493 e. The summed E-state index contributed by atoms with van der Waals surface area (Å²) in [4.78, 5) is 0. The lowest BCUT2D eigenvalue weighted by Crippen LogP contribution is -2.26. The quantitative estimate of drug-likeness (QED) is 0.841. The third kappa shape index (κ3) is 3.24. The van der Waals surface area contributed by atoms with Crippen molar-refractivity contribution in [2.24, 2.45) is 0 Å². The zero-order valence-electron chi connectivity index (χ0n) is 11.5. The van der Waals surface area contributed by atoms with Crippen molar-refractivity contribution >= 4 is 0 Å². The van der Waals surface area contributed by atoms with E-state index in [1.165, 1.54) is 11.1 Å². The van der Waals surface area contributed by atoms with E-state index in [4.69, 9.17) is 9.47 Å². The fourth-order valence-corrected chi connectivity index (χ4v) is 2.23. The van der Waals surface area contributed by atoms with Crippen LogP contribution in [0.15, 0.2) is 18.2 Å². The van der Waals surface area contributed by atoms with Gasteiger partial charge in [-0.2, -0.15) is 0 Å². The van der Waals surface area contributed by atoms with Crippen molar-refractivity contribution in [2.75, 3.05) is 19.8 Å². The average Bonchev–Trinajstić information content (AvgIpc) is 2.81. The predicted octanol–water partition coefficient (Wildman–Crippen LogP) is 2.70. The third-order valence-corrected chi connectivity index (χ3v) is 3.16. The maximum Gasteiger partial charge on any atom is 0.122 e. The van der Waals surface area contributed by atoms with E-state index in [-0.39, 0.29) is 12.1 Å². The van der Waals surface area contributed by atoms with Crippen molar-refractivity contribution in [1.29, 1.82) is 0 Å². The molecule has 1 atom stereocenters. The minimum Gasteiger partial charge on any atom is -0.493 e. The number of hydrogen-bond acceptors (Lipinski definition) is 3. The fourth-order valence-electron chi connectivity index (χ4n) is 2.23. The van der Waals surface area contributed by atoms with E-state index < -0.39 is 0 Å². The molecule has 0 radical (unpaired) electrons. The SMILES string of the molecule is CCNC(COC(C)C)c1ccc2c(c1)CCO2. The topological polar surface area (TPSA) is 30.5 Å². The lowest BCUT2D eigenvalue weighted by atomic mass is 10.0. The smallest absolute Gasteiger partial charge is 0.122 e. The number of hydrogen-bond donors (Lipinski definition) is 1. The van der Waals surface area contributed by atoms with Crippen LogP contribution >= 0.6 is 0 Å². The molecule has 0 saturated heterocycles. The van der Waals surface area contributed by atoms with Gasteiger partial charge in [0.15, 0.2) is 0 Å². The van der Waals surface area contributed by atoms with Crippen molar-refractivity contribution in [3.63, 3.8) is 0 Å². The molecule has 1 aromatic carbocycles. The molecule has 0 aliphatic carbocycles. The number of ether oxygens (including phenoxy) is 2. The van der Waals surface area contributed by atoms with E-state index in [0.717, 1.165) is 25.3 Å². The van der Waals surface area contributed by atoms with Crippen molar-refractivity contribution in [2.45, 2.75) is 39.3 Å². The monoisotopic (exact) mass is 249 g/mol. The van der Waals surface area contributed by atoms with Gasteiger partial charge in [-0.3, -0.25) is 0 Å². The Labute approximate surface area is 109 Å². The summed E-state index contributed by atoms with van der Waals surface area (Å²) in [7, 11) is 0. The third-order valence-electron chi connectivity index (χ3n) is 3.16. The van der Waals surface area contributed by atoms with Crippen molar-refractivity contribution in [3.8, 4) is 5.75 Å². The van der Waals surface area contributed by atoms with E-state index in [1.807, 2.05) is 0 Å². The summed E-state index contributed by atoms with van der Waals surface area (Å²) in [6.07, 6.45) is 1.29. The Bertz CT molecular complexity index is 390. The summed E-state index contributed by atoms with van der Waals surface area (Å²) in [5.41, 5.74) is 2.61. The molecular formula is C15H23NO2. The first-order chi connectivity index (χ1) is 8.70. The standard InChI is InChI=1S/C15H23NO2/c1-4-16-14(10-18-11(2)3)12-5-6-15-13(9-12)7-8-17-15/h5-6,9,11,14,16H,4,7-8,10H2,1-3H3. The lowest BCUT2D eigenvalue weighted by Gasteiger charge is -2.20. The molecular weight excluding hydrogens is 226 g/mol. The highest BCUT2D eigenvalue weighted by molar-refractivity contribution is 5.40. The van der Waals surface area contributed by atoms with Crippen LogP contribution in [-0.4, -0.2) is 25.9 Å². The molecule has 18 heavy (non-hydrogen) atoms. The predicted molar refractivity (Wildman–Crippen MR) is 73.1 cm³/mol. The van der Waals surface area contributed by atoms with Crippen molar-refractivity contribution in [1.82, 2.24) is 5.32 Å². The lowest BCUT2D eigenvalue weighted by molar-refractivity contribution is 0.0614. The molecule has 0 amide bonds. The summed E-state index contributed by atoms with van der Waals surface area (Å²) in [6.45, 7) is 8.73. The highest BCUT2D eigenvalue weighted by Gasteiger charge is 2.16. The summed E-state index contributed by atoms with van der Waals surface area (Å²) < 4.78 is 11.3. The van der Waals surface area contributed by atoms with Gasteiger partial charge < -0.3 is 14.8 Å². The van der Waals surface area contributed by atoms with Crippen LogP contribution in [-0.2, 0) is 11.2 Å². The molecule has 1 aliphatic heterocycles. The van der Waals surface area contributed by atoms with Crippen LogP contribution in [0.4, 0.5) is 0 Å². The van der Waals surface area contributed by atoms with Crippen LogP contribution in [0.25, 0.3) is 0 Å². The molecule has 2 rings (SSSR count). The second-order valence-corrected chi connectivity index (χ2v) is 4.96. The van der Waals surface area contributed by atoms with Gasteiger partial charge in [0, 0.05) is 6.42 Å².